The van der Waals surface area contributed by atoms with Crippen LogP contribution in [0.5, 0.6) is 0 Å². The van der Waals surface area contributed by atoms with Gasteiger partial charge in [0.05, 0.1) is 11.3 Å². The summed E-state index contributed by atoms with van der Waals surface area (Å²) >= 11 is 3.14. The van der Waals surface area contributed by atoms with E-state index in [1.165, 1.54) is 12.1 Å². The van der Waals surface area contributed by atoms with Crippen LogP contribution in [0.2, 0.25) is 0 Å². The fraction of sp³-hybridized carbons (Fsp3) is 0.100. The van der Waals surface area contributed by atoms with E-state index in [1.807, 2.05) is 0 Å². The molecule has 0 aliphatic heterocycles. The summed E-state index contributed by atoms with van der Waals surface area (Å²) in [6.45, 7) is 0. The number of hydrogen-bond acceptors (Lipinski definition) is 5. The smallest absolute Gasteiger partial charge is 0.291 e. The Morgan fingerprint density at radius 1 is 0.966 bits per heavy atom. The first-order valence-electron chi connectivity index (χ1n) is 8.46. The first-order chi connectivity index (χ1) is 13.7. The van der Waals surface area contributed by atoms with Gasteiger partial charge in [-0.05, 0) is 64.0 Å². The molecule has 1 aromatic heterocycles. The summed E-state index contributed by atoms with van der Waals surface area (Å²) in [6.07, 6.45) is 1.21. The van der Waals surface area contributed by atoms with Gasteiger partial charge in [0.25, 0.3) is 5.91 Å². The van der Waals surface area contributed by atoms with Gasteiger partial charge >= 0.3 is 0 Å². The second-order valence-electron chi connectivity index (χ2n) is 6.28. The maximum absolute atomic E-state index is 12.2. The molecule has 1 heterocycles. The van der Waals surface area contributed by atoms with E-state index in [1.54, 1.807) is 48.5 Å². The van der Waals surface area contributed by atoms with Gasteiger partial charge in [-0.2, -0.15) is 0 Å². The number of sulfone groups is 1. The molecule has 3 rings (SSSR count). The molecule has 0 bridgehead atoms. The van der Waals surface area contributed by atoms with Crippen LogP contribution in [-0.4, -0.2) is 26.5 Å². The molecule has 0 radical (unpaired) electrons. The Hall–Kier alpha value is -2.91. The van der Waals surface area contributed by atoms with Crippen LogP contribution in [0.1, 0.15) is 16.1 Å². The van der Waals surface area contributed by atoms with Gasteiger partial charge in [0.1, 0.15) is 0 Å². The Morgan fingerprint density at radius 2 is 1.69 bits per heavy atom. The highest BCUT2D eigenvalue weighted by atomic mass is 79.9. The largest absolute Gasteiger partial charge is 0.444 e. The molecule has 0 saturated carbocycles. The Kier molecular flexibility index (Phi) is 6.19. The van der Waals surface area contributed by atoms with Gasteiger partial charge in [0, 0.05) is 17.6 Å². The molecule has 0 aliphatic carbocycles. The lowest BCUT2D eigenvalue weighted by Crippen LogP contribution is -2.15. The molecule has 7 nitrogen and oxygen atoms in total. The van der Waals surface area contributed by atoms with E-state index in [0.29, 0.717) is 16.0 Å². The molecule has 0 spiro atoms. The number of carbonyl (C=O) groups excluding carboxylic acids is 2. The van der Waals surface area contributed by atoms with Gasteiger partial charge in [-0.25, -0.2) is 8.42 Å². The number of rotatable bonds is 6. The zero-order chi connectivity index (χ0) is 21.0. The van der Waals surface area contributed by atoms with E-state index in [9.17, 15) is 18.0 Å². The number of halogens is 1. The van der Waals surface area contributed by atoms with Crippen molar-refractivity contribution in [2.75, 3.05) is 16.9 Å². The fourth-order valence-electron chi connectivity index (χ4n) is 2.53. The van der Waals surface area contributed by atoms with Crippen LogP contribution in [0.15, 0.2) is 74.6 Å². The first kappa shape index (κ1) is 20.8. The van der Waals surface area contributed by atoms with Crippen LogP contribution >= 0.6 is 15.9 Å². The van der Waals surface area contributed by atoms with Gasteiger partial charge in [0.15, 0.2) is 20.3 Å². The summed E-state index contributed by atoms with van der Waals surface area (Å²) in [6, 6.07) is 16.1. The average molecular weight is 477 g/mol. The number of hydrogen-bond donors (Lipinski definition) is 2. The number of amides is 2. The molecule has 0 saturated heterocycles. The Morgan fingerprint density at radius 3 is 2.31 bits per heavy atom. The van der Waals surface area contributed by atoms with Gasteiger partial charge in [-0.3, -0.25) is 9.59 Å². The van der Waals surface area contributed by atoms with Crippen molar-refractivity contribution in [2.45, 2.75) is 11.3 Å². The molecule has 29 heavy (non-hydrogen) atoms. The van der Waals surface area contributed by atoms with Crippen molar-refractivity contribution in [1.82, 2.24) is 0 Å². The number of carbonyl (C=O) groups is 2. The lowest BCUT2D eigenvalue weighted by atomic mass is 10.1. The normalized spacial score (nSPS) is 11.1. The zero-order valence-corrected chi connectivity index (χ0v) is 17.7. The predicted octanol–water partition coefficient (Wildman–Crippen LogP) is 3.88. The van der Waals surface area contributed by atoms with Crippen molar-refractivity contribution in [3.8, 4) is 0 Å². The Bertz CT molecular complexity index is 1150. The molecule has 2 amide bonds. The maximum Gasteiger partial charge on any atom is 0.291 e. The van der Waals surface area contributed by atoms with Gasteiger partial charge in [-0.15, -0.1) is 0 Å². The molecule has 0 unspecified atom stereocenters. The minimum absolute atomic E-state index is 0.0997. The van der Waals surface area contributed by atoms with Crippen molar-refractivity contribution in [2.24, 2.45) is 0 Å². The van der Waals surface area contributed by atoms with Crippen molar-refractivity contribution in [1.29, 1.82) is 0 Å². The second-order valence-corrected chi connectivity index (χ2v) is 9.08. The number of benzene rings is 2. The highest BCUT2D eigenvalue weighted by molar-refractivity contribution is 9.10. The van der Waals surface area contributed by atoms with Crippen molar-refractivity contribution < 1.29 is 22.4 Å². The number of nitrogens with one attached hydrogen (secondary N) is 2. The van der Waals surface area contributed by atoms with E-state index >= 15 is 0 Å². The first-order valence-corrected chi connectivity index (χ1v) is 11.1. The SMILES string of the molecule is CS(=O)(=O)c1cccc(NC(=O)Cc2ccc(NC(=O)c3ccc(Br)o3)cc2)c1. The molecular weight excluding hydrogens is 460 g/mol. The number of anilines is 2. The molecule has 2 aromatic carbocycles. The second kappa shape index (κ2) is 8.62. The third-order valence-corrected chi connectivity index (χ3v) is 5.46. The quantitative estimate of drug-likeness (QED) is 0.561. The molecule has 0 aliphatic rings. The van der Waals surface area contributed by atoms with E-state index in [4.69, 9.17) is 4.42 Å². The van der Waals surface area contributed by atoms with E-state index in [2.05, 4.69) is 26.6 Å². The molecule has 3 aromatic rings. The fourth-order valence-corrected chi connectivity index (χ4v) is 3.50. The molecular formula is C20H17BrN2O5S. The lowest BCUT2D eigenvalue weighted by Gasteiger charge is -2.08. The minimum Gasteiger partial charge on any atom is -0.444 e. The number of furan rings is 1. The molecule has 0 fully saturated rings. The van der Waals surface area contributed by atoms with Crippen LogP contribution in [0.3, 0.4) is 0 Å². The summed E-state index contributed by atoms with van der Waals surface area (Å²) in [4.78, 5) is 24.4. The van der Waals surface area contributed by atoms with Gasteiger partial charge in [0.2, 0.25) is 5.91 Å². The minimum atomic E-state index is -3.35. The predicted molar refractivity (Wildman–Crippen MR) is 113 cm³/mol. The third kappa shape index (κ3) is 5.78. The molecule has 2 N–H and O–H groups in total. The summed E-state index contributed by atoms with van der Waals surface area (Å²) in [7, 11) is -3.35. The summed E-state index contributed by atoms with van der Waals surface area (Å²) in [5.41, 5.74) is 1.71. The standard InChI is InChI=1S/C20H17BrN2O5S/c1-29(26,27)16-4-2-3-15(12-16)22-19(24)11-13-5-7-14(8-6-13)23-20(25)17-9-10-18(21)28-17/h2-10,12H,11H2,1H3,(H,22,24)(H,23,25). The van der Waals surface area contributed by atoms with Crippen LogP contribution in [0.25, 0.3) is 0 Å². The molecule has 9 heteroatoms. The summed E-state index contributed by atoms with van der Waals surface area (Å²) in [5, 5.41) is 5.38. The highest BCUT2D eigenvalue weighted by Gasteiger charge is 2.12. The highest BCUT2D eigenvalue weighted by Crippen LogP contribution is 2.18. The van der Waals surface area contributed by atoms with Crippen LogP contribution < -0.4 is 10.6 Å². The summed E-state index contributed by atoms with van der Waals surface area (Å²) < 4.78 is 28.9. The zero-order valence-electron chi connectivity index (χ0n) is 15.3. The average Bonchev–Trinajstić information content (AvgIpc) is 3.09. The van der Waals surface area contributed by atoms with Crippen molar-refractivity contribution in [3.63, 3.8) is 0 Å². The Balaban J connectivity index is 1.59. The van der Waals surface area contributed by atoms with Gasteiger partial charge < -0.3 is 15.1 Å². The van der Waals surface area contributed by atoms with Crippen LogP contribution in [0, 0.1) is 0 Å². The monoisotopic (exact) mass is 476 g/mol. The molecule has 150 valence electrons. The topological polar surface area (TPSA) is 105 Å². The lowest BCUT2D eigenvalue weighted by molar-refractivity contribution is -0.115. The van der Waals surface area contributed by atoms with Crippen molar-refractivity contribution >= 4 is 49.0 Å². The van der Waals surface area contributed by atoms with Crippen molar-refractivity contribution in [3.05, 3.63) is 76.7 Å². The van der Waals surface area contributed by atoms with Crippen LogP contribution in [-0.2, 0) is 21.1 Å². The Labute approximate surface area is 176 Å². The molecule has 0 atom stereocenters. The van der Waals surface area contributed by atoms with Gasteiger partial charge in [-0.1, -0.05) is 18.2 Å². The third-order valence-electron chi connectivity index (χ3n) is 3.92. The van der Waals surface area contributed by atoms with E-state index in [0.717, 1.165) is 11.8 Å². The summed E-state index contributed by atoms with van der Waals surface area (Å²) in [5.74, 6) is -0.489. The van der Waals surface area contributed by atoms with Crippen LogP contribution in [0.4, 0.5) is 11.4 Å². The van der Waals surface area contributed by atoms with E-state index in [-0.39, 0.29) is 28.9 Å². The van der Waals surface area contributed by atoms with E-state index < -0.39 is 9.84 Å². The maximum atomic E-state index is 12.2.